The first-order valence-corrected chi connectivity index (χ1v) is 2.36. The third-order valence-corrected chi connectivity index (χ3v) is 0.918. The van der Waals surface area contributed by atoms with E-state index in [4.69, 9.17) is 0 Å². The first kappa shape index (κ1) is 8.10. The Balaban J connectivity index is 0.000000490. The topological polar surface area (TPSA) is 16.8 Å². The molecule has 46 valence electrons. The van der Waals surface area contributed by atoms with Gasteiger partial charge in [0.15, 0.2) is 0 Å². The van der Waals surface area contributed by atoms with Gasteiger partial charge in [-0.3, -0.25) is 0 Å². The van der Waals surface area contributed by atoms with Crippen LogP contribution in [-0.4, -0.2) is 12.8 Å². The molecule has 1 unspecified atom stereocenters. The molecule has 1 aliphatic heterocycles. The molecule has 0 amide bonds. The zero-order chi connectivity index (χ0) is 5.28. The second-order valence-electron chi connectivity index (χ2n) is 1.73. The van der Waals surface area contributed by atoms with Crippen molar-refractivity contribution in [3.05, 3.63) is 12.3 Å². The van der Waals surface area contributed by atoms with Gasteiger partial charge in [0.2, 0.25) is 0 Å². The Morgan fingerprint density at radius 3 is 2.38 bits per heavy atom. The van der Waals surface area contributed by atoms with Gasteiger partial charge in [-0.05, 0) is 6.92 Å². The van der Waals surface area contributed by atoms with E-state index in [0.717, 1.165) is 10.7 Å². The lowest BCUT2D eigenvalue weighted by Gasteiger charge is -1.88. The van der Waals surface area contributed by atoms with Crippen molar-refractivity contribution in [2.45, 2.75) is 6.92 Å². The van der Waals surface area contributed by atoms with Gasteiger partial charge in [-0.1, -0.05) is 5.10 Å². The molecular formula is C5H9IN2. The second kappa shape index (κ2) is 3.19. The summed E-state index contributed by atoms with van der Waals surface area (Å²) in [7, 11) is 1.99. The zero-order valence-corrected chi connectivity index (χ0v) is 7.14. The van der Waals surface area contributed by atoms with Crippen LogP contribution in [0.3, 0.4) is 0 Å². The predicted molar refractivity (Wildman–Crippen MR) is 29.1 cm³/mol. The molecule has 0 spiro atoms. The maximum absolute atomic E-state index is 4.11. The number of hydrogen-bond donors (Lipinski definition) is 1. The number of hydrogen-bond acceptors (Lipinski definition) is 1. The Morgan fingerprint density at radius 1 is 1.62 bits per heavy atom. The smallest absolute Gasteiger partial charge is 0.122 e. The predicted octanol–water partition coefficient (Wildman–Crippen LogP) is -3.59. The molecule has 0 aromatic carbocycles. The van der Waals surface area contributed by atoms with Gasteiger partial charge >= 0.3 is 0 Å². The third-order valence-electron chi connectivity index (χ3n) is 0.918. The van der Waals surface area contributed by atoms with Gasteiger partial charge in [0.1, 0.15) is 6.20 Å². The molecule has 0 radical (unpaired) electrons. The highest BCUT2D eigenvalue weighted by atomic mass is 127. The molecule has 0 saturated heterocycles. The van der Waals surface area contributed by atoms with Crippen LogP contribution in [0.4, 0.5) is 0 Å². The molecule has 1 atom stereocenters. The summed E-state index contributed by atoms with van der Waals surface area (Å²) in [6.07, 6.45) is 4.02. The van der Waals surface area contributed by atoms with Crippen LogP contribution in [0.25, 0.3) is 0 Å². The second-order valence-corrected chi connectivity index (χ2v) is 1.73. The van der Waals surface area contributed by atoms with Crippen molar-refractivity contribution >= 4 is 5.71 Å². The van der Waals surface area contributed by atoms with Crippen molar-refractivity contribution < 1.29 is 29.0 Å². The van der Waals surface area contributed by atoms with E-state index < -0.39 is 0 Å². The molecule has 1 N–H and O–H groups in total. The molecule has 0 aromatic rings. The van der Waals surface area contributed by atoms with E-state index in [1.807, 2.05) is 26.2 Å². The zero-order valence-electron chi connectivity index (χ0n) is 4.98. The van der Waals surface area contributed by atoms with E-state index in [1.54, 1.807) is 0 Å². The van der Waals surface area contributed by atoms with Crippen molar-refractivity contribution in [3.63, 3.8) is 0 Å². The Labute approximate surface area is 66.3 Å². The minimum Gasteiger partial charge on any atom is -1.00 e. The fourth-order valence-corrected chi connectivity index (χ4v) is 0.594. The van der Waals surface area contributed by atoms with Crippen molar-refractivity contribution in [2.75, 3.05) is 7.05 Å². The van der Waals surface area contributed by atoms with Crippen molar-refractivity contribution in [1.29, 1.82) is 0 Å². The highest BCUT2D eigenvalue weighted by molar-refractivity contribution is 5.92. The standard InChI is InChI=1S/C5H8N2.HI/c1-5-3-4-7(2)6-5;/h3-4H,1-2H3;1H. The average Bonchev–Trinajstić information content (AvgIpc) is 1.87. The number of quaternary nitrogens is 1. The Bertz CT molecular complexity index is 128. The summed E-state index contributed by atoms with van der Waals surface area (Å²) in [4.78, 5) is 0. The first-order valence-electron chi connectivity index (χ1n) is 2.36. The van der Waals surface area contributed by atoms with Crippen LogP contribution in [0.15, 0.2) is 17.4 Å². The van der Waals surface area contributed by atoms with Crippen LogP contribution in [0.2, 0.25) is 0 Å². The summed E-state index contributed by atoms with van der Waals surface area (Å²) in [5, 5.41) is 5.22. The Kier molecular flexibility index (Phi) is 3.23. The van der Waals surface area contributed by atoms with Gasteiger partial charge in [-0.25, -0.2) is 0 Å². The minimum atomic E-state index is 0. The van der Waals surface area contributed by atoms with E-state index in [1.165, 1.54) is 0 Å². The van der Waals surface area contributed by atoms with Gasteiger partial charge in [-0.2, -0.15) is 5.01 Å². The molecular weight excluding hydrogens is 215 g/mol. The van der Waals surface area contributed by atoms with Gasteiger partial charge in [0.25, 0.3) is 0 Å². The molecule has 0 fully saturated rings. The largest absolute Gasteiger partial charge is 1.00 e. The van der Waals surface area contributed by atoms with Crippen LogP contribution in [0, 0.1) is 0 Å². The van der Waals surface area contributed by atoms with Crippen LogP contribution < -0.4 is 29.0 Å². The van der Waals surface area contributed by atoms with E-state index >= 15 is 0 Å². The van der Waals surface area contributed by atoms with Crippen LogP contribution in [0.5, 0.6) is 0 Å². The summed E-state index contributed by atoms with van der Waals surface area (Å²) >= 11 is 0. The number of halogens is 1. The summed E-state index contributed by atoms with van der Waals surface area (Å²) in [6, 6.07) is 0. The Hall–Kier alpha value is 0.100. The number of allylic oxidation sites excluding steroid dienone is 1. The minimum absolute atomic E-state index is 0. The summed E-state index contributed by atoms with van der Waals surface area (Å²) in [5.74, 6) is 0. The van der Waals surface area contributed by atoms with E-state index in [-0.39, 0.29) is 24.0 Å². The van der Waals surface area contributed by atoms with Crippen molar-refractivity contribution in [2.24, 2.45) is 5.10 Å². The van der Waals surface area contributed by atoms with Crippen LogP contribution >= 0.6 is 0 Å². The molecule has 0 bridgehead atoms. The van der Waals surface area contributed by atoms with E-state index in [9.17, 15) is 0 Å². The lowest BCUT2D eigenvalue weighted by atomic mass is 10.4. The maximum Gasteiger partial charge on any atom is 0.122 e. The molecule has 3 heteroatoms. The molecule has 2 nitrogen and oxygen atoms in total. The lowest BCUT2D eigenvalue weighted by Crippen LogP contribution is -3.00. The number of nitrogens with zero attached hydrogens (tertiary/aromatic N) is 1. The number of nitrogens with one attached hydrogen (secondary N) is 1. The molecule has 8 heavy (non-hydrogen) atoms. The summed E-state index contributed by atoms with van der Waals surface area (Å²) < 4.78 is 0. The van der Waals surface area contributed by atoms with Gasteiger partial charge in [0.05, 0.1) is 12.8 Å². The average molecular weight is 224 g/mol. The molecule has 1 aliphatic rings. The summed E-state index contributed by atoms with van der Waals surface area (Å²) in [6.45, 7) is 1.99. The highest BCUT2D eigenvalue weighted by Crippen LogP contribution is 1.77. The normalized spacial score (nSPS) is 24.8. The quantitative estimate of drug-likeness (QED) is 0.410. The number of rotatable bonds is 0. The molecule has 1 heterocycles. The van der Waals surface area contributed by atoms with Crippen molar-refractivity contribution in [3.8, 4) is 0 Å². The van der Waals surface area contributed by atoms with Crippen LogP contribution in [0.1, 0.15) is 6.92 Å². The summed E-state index contributed by atoms with van der Waals surface area (Å²) in [5.41, 5.74) is 1.11. The van der Waals surface area contributed by atoms with Crippen LogP contribution in [-0.2, 0) is 0 Å². The van der Waals surface area contributed by atoms with Gasteiger partial charge in [0, 0.05) is 6.08 Å². The fraction of sp³-hybridized carbons (Fsp3) is 0.400. The molecule has 0 aromatic heterocycles. The molecule has 1 rings (SSSR count). The molecule has 0 saturated carbocycles. The SMILES string of the molecule is CC1=N[NH+](C)C=C1.[I-]. The maximum atomic E-state index is 4.11. The monoisotopic (exact) mass is 224 g/mol. The highest BCUT2D eigenvalue weighted by Gasteiger charge is 2.00. The lowest BCUT2D eigenvalue weighted by molar-refractivity contribution is -0.829. The molecule has 0 aliphatic carbocycles. The fourth-order valence-electron chi connectivity index (χ4n) is 0.594. The first-order chi connectivity index (χ1) is 3.29. The van der Waals surface area contributed by atoms with Crippen molar-refractivity contribution in [1.82, 2.24) is 0 Å². The van der Waals surface area contributed by atoms with E-state index in [2.05, 4.69) is 5.10 Å². The van der Waals surface area contributed by atoms with Gasteiger partial charge < -0.3 is 24.0 Å². The Morgan fingerprint density at radius 2 is 2.25 bits per heavy atom. The van der Waals surface area contributed by atoms with E-state index in [0.29, 0.717) is 0 Å². The third kappa shape index (κ3) is 1.92. The van der Waals surface area contributed by atoms with Gasteiger partial charge in [-0.15, -0.1) is 0 Å².